The monoisotopic (exact) mass is 696 g/mol. The van der Waals surface area contributed by atoms with Crippen LogP contribution in [0.1, 0.15) is 0 Å². The van der Waals surface area contributed by atoms with E-state index in [0.717, 1.165) is 33.1 Å². The van der Waals surface area contributed by atoms with Gasteiger partial charge in [-0.05, 0) is 0 Å². The Morgan fingerprint density at radius 1 is 0.583 bits per heavy atom. The first-order valence-corrected chi connectivity index (χ1v) is 21.5. The molecular weight excluding hydrogens is 683 g/mol. The summed E-state index contributed by atoms with van der Waals surface area (Å²) in [6, 6.07) is 9.55. The first kappa shape index (κ1) is 29.6. The van der Waals surface area contributed by atoms with Crippen LogP contribution in [0.15, 0.2) is 67.1 Å². The van der Waals surface area contributed by atoms with Crippen LogP contribution in [0.2, 0.25) is 0 Å². The van der Waals surface area contributed by atoms with E-state index in [4.69, 9.17) is 90.4 Å². The van der Waals surface area contributed by atoms with E-state index in [2.05, 4.69) is 8.80 Å². The zero-order valence-corrected chi connectivity index (χ0v) is 25.3. The molecule has 1 saturated heterocycles. The van der Waals surface area contributed by atoms with Crippen molar-refractivity contribution in [1.82, 2.24) is 0 Å². The molecule has 0 radical (unpaired) electrons. The van der Waals surface area contributed by atoms with Crippen LogP contribution in [0.5, 0.6) is 0 Å². The van der Waals surface area contributed by atoms with Gasteiger partial charge in [0, 0.05) is 0 Å². The summed E-state index contributed by atoms with van der Waals surface area (Å²) >= 11 is 40.1. The third-order valence-corrected chi connectivity index (χ3v) is 23.8. The molecule has 2 aromatic rings. The third kappa shape index (κ3) is 5.18. The second kappa shape index (κ2) is 8.81. The Morgan fingerprint density at radius 3 is 1.06 bits per heavy atom. The van der Waals surface area contributed by atoms with Gasteiger partial charge in [-0.1, -0.05) is 0 Å². The van der Waals surface area contributed by atoms with E-state index < -0.39 is 41.9 Å². The van der Waals surface area contributed by atoms with E-state index in [1.165, 1.54) is 24.3 Å². The number of rotatable bonds is 6. The van der Waals surface area contributed by atoms with Gasteiger partial charge in [0.1, 0.15) is 0 Å². The van der Waals surface area contributed by atoms with Gasteiger partial charge in [-0.15, -0.1) is 0 Å². The number of nitrogens with zero attached hydrogens (tertiary/aromatic N) is 4. The molecule has 8 N–H and O–H groups in total. The van der Waals surface area contributed by atoms with Gasteiger partial charge in [0.15, 0.2) is 0 Å². The predicted molar refractivity (Wildman–Crippen MR) is 153 cm³/mol. The molecule has 0 spiro atoms. The zero-order valence-electron chi connectivity index (χ0n) is 17.3. The summed E-state index contributed by atoms with van der Waals surface area (Å²) in [6.45, 7) is 0. The number of benzene rings is 2. The molecule has 0 bridgehead atoms. The number of hydrogen-bond acceptors (Lipinski definition) is 6. The number of nitrogens with two attached hydrogens (primary N) is 4. The van der Waals surface area contributed by atoms with E-state index >= 15 is 0 Å². The first-order chi connectivity index (χ1) is 16.1. The van der Waals surface area contributed by atoms with E-state index in [1.807, 2.05) is 0 Å². The Balaban J connectivity index is 2.06. The number of sulfonamides is 2. The third-order valence-electron chi connectivity index (χ3n) is 4.38. The van der Waals surface area contributed by atoms with Crippen LogP contribution in [0, 0.1) is 0 Å². The fourth-order valence-electron chi connectivity index (χ4n) is 3.19. The Kier molecular flexibility index (Phi) is 7.25. The average Bonchev–Trinajstić information content (AvgIpc) is 2.64. The minimum absolute atomic E-state index is 0.0807. The summed E-state index contributed by atoms with van der Waals surface area (Å²) in [4.78, 5) is -10.1. The molecule has 0 saturated carbocycles. The molecule has 3 rings (SSSR count). The van der Waals surface area contributed by atoms with Gasteiger partial charge >= 0.3 is 236 Å². The van der Waals surface area contributed by atoms with E-state index in [-0.39, 0.29) is 21.2 Å². The molecule has 36 heavy (non-hydrogen) atoms. The Labute approximate surface area is 235 Å². The van der Waals surface area contributed by atoms with Gasteiger partial charge in [0.25, 0.3) is 0 Å². The molecule has 1 fully saturated rings. The van der Waals surface area contributed by atoms with Crippen LogP contribution in [0.3, 0.4) is 0 Å². The summed E-state index contributed by atoms with van der Waals surface area (Å²) < 4.78 is 57.2. The van der Waals surface area contributed by atoms with Crippen molar-refractivity contribution in [3.8, 4) is 0 Å². The summed E-state index contributed by atoms with van der Waals surface area (Å²) in [5.74, 6) is -1.32. The summed E-state index contributed by atoms with van der Waals surface area (Å²) in [7, 11) is -8.40. The molecule has 22 heteroatoms. The fourth-order valence-corrected chi connectivity index (χ4v) is 34.2. The summed E-state index contributed by atoms with van der Waals surface area (Å²) in [5.41, 5.74) is 20.7. The van der Waals surface area contributed by atoms with Crippen molar-refractivity contribution in [2.75, 3.05) is 8.88 Å². The molecule has 1 aliphatic heterocycles. The molecule has 0 amide bonds. The number of hydrogen-bond donors (Lipinski definition) is 4. The Bertz CT molecular complexity index is 1370. The van der Waals surface area contributed by atoms with Crippen molar-refractivity contribution in [1.29, 1.82) is 0 Å². The van der Waals surface area contributed by atoms with Crippen LogP contribution in [-0.2, 0) is 20.0 Å². The number of anilines is 2. The SMILES string of the molecule is NC(N)=NS(=O)(=O)c1ccc(N2P(Cl)(Cl)(Cl)N(c3ccc(S(=O)(=O)N=C(N)N)cc3)P2(Cl)(Cl)Cl)cc1. The van der Waals surface area contributed by atoms with Gasteiger partial charge in [-0.25, -0.2) is 0 Å². The molecule has 0 aromatic heterocycles. The van der Waals surface area contributed by atoms with Crippen LogP contribution in [0.4, 0.5) is 11.4 Å². The van der Waals surface area contributed by atoms with Crippen LogP contribution in [-0.4, -0.2) is 28.8 Å². The normalized spacial score (nSPS) is 21.9. The quantitative estimate of drug-likeness (QED) is 0.187. The molecule has 200 valence electrons. The molecule has 0 unspecified atom stereocenters. The molecular formula is C14H16Cl6N8O4P2S2. The molecule has 1 aliphatic rings. The molecule has 12 nitrogen and oxygen atoms in total. The molecule has 0 aliphatic carbocycles. The molecule has 2 aromatic carbocycles. The second-order valence-electron chi connectivity index (χ2n) is 7.02. The van der Waals surface area contributed by atoms with E-state index in [9.17, 15) is 16.8 Å². The summed E-state index contributed by atoms with van der Waals surface area (Å²) in [5, 5.41) is 0. The van der Waals surface area contributed by atoms with E-state index in [0.29, 0.717) is 0 Å². The van der Waals surface area contributed by atoms with Crippen molar-refractivity contribution in [2.45, 2.75) is 9.79 Å². The topological polar surface area (TPSA) is 204 Å². The van der Waals surface area contributed by atoms with Crippen molar-refractivity contribution in [3.63, 3.8) is 0 Å². The van der Waals surface area contributed by atoms with E-state index in [1.54, 1.807) is 0 Å². The van der Waals surface area contributed by atoms with Gasteiger partial charge in [-0.2, -0.15) is 0 Å². The number of halogens is 6. The van der Waals surface area contributed by atoms with Crippen LogP contribution in [0.25, 0.3) is 0 Å². The maximum absolute atomic E-state index is 12.2. The van der Waals surface area contributed by atoms with Crippen molar-refractivity contribution in [2.24, 2.45) is 31.7 Å². The zero-order chi connectivity index (χ0) is 27.6. The maximum atomic E-state index is 12.2. The Hall–Kier alpha value is -0.920. The average molecular weight is 699 g/mol. The van der Waals surface area contributed by atoms with Gasteiger partial charge in [-0.3, -0.25) is 0 Å². The standard InChI is InChI=1S/C14H16Cl6N8O4P2S2/c15-33(16,17)27(9-1-5-11(6-2-9)35(29,30)25-13(21)22)34(18,19,20)28(33)10-3-7-12(8-4-10)36(31,32)26-14(23)24/h1-8H,(H4,21,22,25)(H4,23,24,26). The van der Waals surface area contributed by atoms with Gasteiger partial charge in [0.05, 0.1) is 0 Å². The molecule has 1 heterocycles. The van der Waals surface area contributed by atoms with Crippen molar-refractivity contribution in [3.05, 3.63) is 48.5 Å². The summed E-state index contributed by atoms with van der Waals surface area (Å²) in [6.07, 6.45) is 0. The molecule has 0 atom stereocenters. The first-order valence-electron chi connectivity index (χ1n) is 8.95. The Morgan fingerprint density at radius 2 is 0.833 bits per heavy atom. The predicted octanol–water partition coefficient (Wildman–Crippen LogP) is 4.63. The van der Waals surface area contributed by atoms with Gasteiger partial charge < -0.3 is 0 Å². The second-order valence-corrected chi connectivity index (χ2v) is 30.0. The van der Waals surface area contributed by atoms with Crippen LogP contribution < -0.4 is 31.8 Å². The van der Waals surface area contributed by atoms with Crippen molar-refractivity contribution < 1.29 is 16.8 Å². The van der Waals surface area contributed by atoms with Crippen LogP contribution >= 0.6 is 77.4 Å². The van der Waals surface area contributed by atoms with Gasteiger partial charge in [0.2, 0.25) is 0 Å². The number of guanidine groups is 2. The fraction of sp³-hybridized carbons (Fsp3) is 0. The minimum atomic E-state index is -4.76. The van der Waals surface area contributed by atoms with Crippen molar-refractivity contribution >= 4 is 121 Å².